The predicted octanol–water partition coefficient (Wildman–Crippen LogP) is 2.71. The molecule has 0 saturated carbocycles. The fourth-order valence-electron chi connectivity index (χ4n) is 2.31. The van der Waals surface area contributed by atoms with E-state index in [0.29, 0.717) is 31.2 Å². The van der Waals surface area contributed by atoms with Gasteiger partial charge in [0, 0.05) is 25.3 Å². The van der Waals surface area contributed by atoms with Gasteiger partial charge in [0.1, 0.15) is 5.82 Å². The van der Waals surface area contributed by atoms with E-state index in [9.17, 15) is 14.0 Å². The fourth-order valence-corrected chi connectivity index (χ4v) is 2.31. The van der Waals surface area contributed by atoms with Crippen LogP contribution >= 0.6 is 0 Å². The Morgan fingerprint density at radius 3 is 2.73 bits per heavy atom. The number of anilines is 2. The Bertz CT molecular complexity index is 569. The van der Waals surface area contributed by atoms with Gasteiger partial charge in [-0.2, -0.15) is 0 Å². The molecule has 2 amide bonds. The van der Waals surface area contributed by atoms with E-state index in [1.165, 1.54) is 18.2 Å². The molecule has 0 spiro atoms. The van der Waals surface area contributed by atoms with E-state index >= 15 is 0 Å². The molecule has 118 valence electrons. The minimum atomic E-state index is -0.572. The summed E-state index contributed by atoms with van der Waals surface area (Å²) in [6.07, 6.45) is 3.21. The van der Waals surface area contributed by atoms with Gasteiger partial charge in [-0.25, -0.2) is 4.39 Å². The zero-order valence-corrected chi connectivity index (χ0v) is 12.2. The molecule has 0 bridgehead atoms. The Balaban J connectivity index is 1.96. The van der Waals surface area contributed by atoms with Crippen molar-refractivity contribution in [1.29, 1.82) is 0 Å². The largest absolute Gasteiger partial charge is 0.381 e. The zero-order chi connectivity index (χ0) is 15.9. The minimum Gasteiger partial charge on any atom is -0.381 e. The second-order valence-corrected chi connectivity index (χ2v) is 5.20. The van der Waals surface area contributed by atoms with Crippen LogP contribution in [0, 0.1) is 11.7 Å². The summed E-state index contributed by atoms with van der Waals surface area (Å²) in [5.41, 5.74) is 0.451. The number of hydrogen-bond donors (Lipinski definition) is 2. The molecule has 1 heterocycles. The lowest BCUT2D eigenvalue weighted by molar-refractivity contribution is -0.117. The second-order valence-electron chi connectivity index (χ2n) is 5.20. The van der Waals surface area contributed by atoms with Gasteiger partial charge in [0.05, 0.1) is 5.69 Å². The number of amides is 2. The lowest BCUT2D eigenvalue weighted by Crippen LogP contribution is -2.22. The summed E-state index contributed by atoms with van der Waals surface area (Å²) in [5, 5.41) is 5.08. The maximum absolute atomic E-state index is 13.6. The Hall–Kier alpha value is -2.21. The molecule has 2 rings (SSSR count). The van der Waals surface area contributed by atoms with Crippen molar-refractivity contribution in [2.24, 2.45) is 5.92 Å². The van der Waals surface area contributed by atoms with E-state index in [-0.39, 0.29) is 11.6 Å². The van der Waals surface area contributed by atoms with Crippen molar-refractivity contribution < 1.29 is 18.7 Å². The summed E-state index contributed by atoms with van der Waals surface area (Å²) in [6, 6.07) is 4.04. The molecule has 6 heteroatoms. The lowest BCUT2D eigenvalue weighted by Gasteiger charge is -2.21. The summed E-state index contributed by atoms with van der Waals surface area (Å²) in [4.78, 5) is 23.2. The number of ether oxygens (including phenoxy) is 1. The molecule has 1 aromatic rings. The Morgan fingerprint density at radius 1 is 1.32 bits per heavy atom. The molecule has 0 radical (unpaired) electrons. The Morgan fingerprint density at radius 2 is 2.05 bits per heavy atom. The van der Waals surface area contributed by atoms with Gasteiger partial charge in [-0.3, -0.25) is 9.59 Å². The first-order valence-corrected chi connectivity index (χ1v) is 7.19. The van der Waals surface area contributed by atoms with Crippen molar-refractivity contribution in [1.82, 2.24) is 0 Å². The lowest BCUT2D eigenvalue weighted by atomic mass is 9.96. The van der Waals surface area contributed by atoms with Crippen LogP contribution in [0.25, 0.3) is 0 Å². The van der Waals surface area contributed by atoms with Crippen LogP contribution in [-0.4, -0.2) is 25.0 Å². The van der Waals surface area contributed by atoms with E-state index in [1.807, 2.05) is 0 Å². The molecule has 1 aliphatic rings. The van der Waals surface area contributed by atoms with E-state index < -0.39 is 11.7 Å². The Kier molecular flexibility index (Phi) is 5.66. The highest BCUT2D eigenvalue weighted by Crippen LogP contribution is 2.22. The van der Waals surface area contributed by atoms with Crippen LogP contribution < -0.4 is 10.6 Å². The van der Waals surface area contributed by atoms with Crippen LogP contribution in [-0.2, 0) is 14.3 Å². The zero-order valence-electron chi connectivity index (χ0n) is 12.2. The second kappa shape index (κ2) is 7.70. The van der Waals surface area contributed by atoms with Crippen molar-refractivity contribution in [3.05, 3.63) is 36.7 Å². The highest BCUT2D eigenvalue weighted by Gasteiger charge is 2.17. The molecule has 2 N–H and O–H groups in total. The molecule has 0 aliphatic carbocycles. The number of halogens is 1. The molecular formula is C16H19FN2O3. The number of benzene rings is 1. The molecule has 1 aromatic carbocycles. The van der Waals surface area contributed by atoms with Crippen LogP contribution in [0.15, 0.2) is 30.9 Å². The van der Waals surface area contributed by atoms with Crippen LogP contribution in [0.4, 0.5) is 15.8 Å². The van der Waals surface area contributed by atoms with Crippen LogP contribution in [0.1, 0.15) is 19.3 Å². The number of carbonyl (C=O) groups excluding carboxylic acids is 2. The highest BCUT2D eigenvalue weighted by molar-refractivity contribution is 5.99. The smallest absolute Gasteiger partial charge is 0.247 e. The van der Waals surface area contributed by atoms with Crippen molar-refractivity contribution in [2.45, 2.75) is 19.3 Å². The van der Waals surface area contributed by atoms with Gasteiger partial charge in [-0.1, -0.05) is 6.58 Å². The van der Waals surface area contributed by atoms with Crippen LogP contribution in [0.2, 0.25) is 0 Å². The third-order valence-electron chi connectivity index (χ3n) is 3.51. The molecule has 1 aliphatic heterocycles. The van der Waals surface area contributed by atoms with Gasteiger partial charge < -0.3 is 15.4 Å². The molecule has 22 heavy (non-hydrogen) atoms. The SMILES string of the molecule is C=CC(=O)Nc1cc(NC(=O)CC2CCOCC2)ccc1F. The molecule has 1 fully saturated rings. The number of hydrogen-bond acceptors (Lipinski definition) is 3. The van der Waals surface area contributed by atoms with E-state index in [0.717, 1.165) is 18.9 Å². The fraction of sp³-hybridized carbons (Fsp3) is 0.375. The quantitative estimate of drug-likeness (QED) is 0.822. The first-order chi connectivity index (χ1) is 10.6. The summed E-state index contributed by atoms with van der Waals surface area (Å²) in [5.74, 6) is -0.893. The van der Waals surface area contributed by atoms with Gasteiger partial charge >= 0.3 is 0 Å². The maximum atomic E-state index is 13.6. The summed E-state index contributed by atoms with van der Waals surface area (Å²) < 4.78 is 18.9. The first kappa shape index (κ1) is 16.2. The van der Waals surface area contributed by atoms with E-state index in [2.05, 4.69) is 17.2 Å². The third-order valence-corrected chi connectivity index (χ3v) is 3.51. The van der Waals surface area contributed by atoms with Crippen molar-refractivity contribution in [2.75, 3.05) is 23.8 Å². The normalized spacial score (nSPS) is 15.1. The minimum absolute atomic E-state index is 0.00812. The topological polar surface area (TPSA) is 67.4 Å². The van der Waals surface area contributed by atoms with E-state index in [1.54, 1.807) is 0 Å². The summed E-state index contributed by atoms with van der Waals surface area (Å²) in [7, 11) is 0. The van der Waals surface area contributed by atoms with Crippen molar-refractivity contribution >= 4 is 23.2 Å². The average molecular weight is 306 g/mol. The Labute approximate surface area is 128 Å². The number of nitrogens with one attached hydrogen (secondary N) is 2. The molecule has 0 unspecified atom stereocenters. The standard InChI is InChI=1S/C16H19FN2O3/c1-2-15(20)19-14-10-12(3-4-13(14)17)18-16(21)9-11-5-7-22-8-6-11/h2-4,10-11H,1,5-9H2,(H,18,21)(H,19,20). The van der Waals surface area contributed by atoms with Gasteiger partial charge in [0.2, 0.25) is 11.8 Å². The summed E-state index contributed by atoms with van der Waals surface area (Å²) >= 11 is 0. The highest BCUT2D eigenvalue weighted by atomic mass is 19.1. The third kappa shape index (κ3) is 4.66. The van der Waals surface area contributed by atoms with Gasteiger partial charge in [-0.05, 0) is 43.0 Å². The first-order valence-electron chi connectivity index (χ1n) is 7.19. The summed E-state index contributed by atoms with van der Waals surface area (Å²) in [6.45, 7) is 4.68. The molecule has 0 aromatic heterocycles. The van der Waals surface area contributed by atoms with Gasteiger partial charge in [-0.15, -0.1) is 0 Å². The number of carbonyl (C=O) groups is 2. The van der Waals surface area contributed by atoms with Crippen molar-refractivity contribution in [3.63, 3.8) is 0 Å². The van der Waals surface area contributed by atoms with Gasteiger partial charge in [0.25, 0.3) is 0 Å². The monoisotopic (exact) mass is 306 g/mol. The molecule has 5 nitrogen and oxygen atoms in total. The van der Waals surface area contributed by atoms with Gasteiger partial charge in [0.15, 0.2) is 0 Å². The van der Waals surface area contributed by atoms with Crippen molar-refractivity contribution in [3.8, 4) is 0 Å². The predicted molar refractivity (Wildman–Crippen MR) is 82.0 cm³/mol. The molecule has 0 atom stereocenters. The van der Waals surface area contributed by atoms with Crippen LogP contribution in [0.3, 0.4) is 0 Å². The average Bonchev–Trinajstić information content (AvgIpc) is 2.51. The van der Waals surface area contributed by atoms with Crippen LogP contribution in [0.5, 0.6) is 0 Å². The molecular weight excluding hydrogens is 287 g/mol. The molecule has 1 saturated heterocycles. The maximum Gasteiger partial charge on any atom is 0.247 e. The van der Waals surface area contributed by atoms with E-state index in [4.69, 9.17) is 4.74 Å². The number of rotatable bonds is 5.